The van der Waals surface area contributed by atoms with Crippen molar-refractivity contribution in [2.24, 2.45) is 11.8 Å². The third-order valence-electron chi connectivity index (χ3n) is 3.31. The van der Waals surface area contributed by atoms with Gasteiger partial charge in [-0.3, -0.25) is 14.4 Å². The summed E-state index contributed by atoms with van der Waals surface area (Å²) in [4.78, 5) is 34.6. The Kier molecular flexibility index (Phi) is 4.95. The summed E-state index contributed by atoms with van der Waals surface area (Å²) < 4.78 is 0. The molecule has 21 heavy (non-hydrogen) atoms. The molecule has 3 N–H and O–H groups in total. The molecule has 0 saturated heterocycles. The standard InChI is InChI=1S/C14H18N2O4S/c1-8(14(19)20)6-7-15-13(18)10-4-5-11(21-10)16-12(17)9-2-3-9/h4-5,8-9H,2-3,6-7H2,1H3,(H,15,18)(H,16,17)(H,19,20). The van der Waals surface area contributed by atoms with Gasteiger partial charge in [0.1, 0.15) is 0 Å². The Hall–Kier alpha value is -1.89. The molecule has 0 radical (unpaired) electrons. The summed E-state index contributed by atoms with van der Waals surface area (Å²) in [5, 5.41) is 14.9. The molecule has 114 valence electrons. The molecule has 0 aromatic carbocycles. The molecule has 1 aliphatic rings. The van der Waals surface area contributed by atoms with E-state index in [0.717, 1.165) is 12.8 Å². The first-order valence-electron chi connectivity index (χ1n) is 6.89. The van der Waals surface area contributed by atoms with Gasteiger partial charge < -0.3 is 15.7 Å². The van der Waals surface area contributed by atoms with Crippen LogP contribution in [0, 0.1) is 11.8 Å². The lowest BCUT2D eigenvalue weighted by molar-refractivity contribution is -0.141. The van der Waals surface area contributed by atoms with Crippen molar-refractivity contribution in [3.05, 3.63) is 17.0 Å². The topological polar surface area (TPSA) is 95.5 Å². The zero-order chi connectivity index (χ0) is 15.4. The third kappa shape index (κ3) is 4.56. The van der Waals surface area contributed by atoms with Crippen molar-refractivity contribution in [2.75, 3.05) is 11.9 Å². The van der Waals surface area contributed by atoms with Crippen molar-refractivity contribution in [3.8, 4) is 0 Å². The van der Waals surface area contributed by atoms with Gasteiger partial charge in [0.05, 0.1) is 15.8 Å². The lowest BCUT2D eigenvalue weighted by atomic mass is 10.1. The predicted octanol–water partition coefficient (Wildman–Crippen LogP) is 1.94. The highest BCUT2D eigenvalue weighted by atomic mass is 32.1. The van der Waals surface area contributed by atoms with Gasteiger partial charge in [0, 0.05) is 12.5 Å². The molecular formula is C14H18N2O4S. The van der Waals surface area contributed by atoms with Crippen LogP contribution < -0.4 is 10.6 Å². The molecule has 6 nitrogen and oxygen atoms in total. The van der Waals surface area contributed by atoms with Gasteiger partial charge in [-0.05, 0) is 31.4 Å². The normalized spacial score (nSPS) is 15.3. The minimum atomic E-state index is -0.870. The van der Waals surface area contributed by atoms with E-state index in [4.69, 9.17) is 5.11 Å². The fourth-order valence-corrected chi connectivity index (χ4v) is 2.53. The number of thiophene rings is 1. The molecule has 1 heterocycles. The number of anilines is 1. The largest absolute Gasteiger partial charge is 0.481 e. The summed E-state index contributed by atoms with van der Waals surface area (Å²) in [5.41, 5.74) is 0. The van der Waals surface area contributed by atoms with Crippen molar-refractivity contribution < 1.29 is 19.5 Å². The van der Waals surface area contributed by atoms with Crippen LogP contribution in [-0.4, -0.2) is 29.4 Å². The molecule has 1 aromatic rings. The number of carbonyl (C=O) groups is 3. The van der Waals surface area contributed by atoms with E-state index in [0.29, 0.717) is 22.8 Å². The van der Waals surface area contributed by atoms with E-state index in [1.54, 1.807) is 19.1 Å². The summed E-state index contributed by atoms with van der Waals surface area (Å²) in [6.45, 7) is 1.92. The lowest BCUT2D eigenvalue weighted by Gasteiger charge is -2.06. The monoisotopic (exact) mass is 310 g/mol. The summed E-state index contributed by atoms with van der Waals surface area (Å²) in [5.74, 6) is -1.46. The maximum atomic E-state index is 11.9. The molecule has 0 spiro atoms. The number of rotatable bonds is 7. The molecule has 7 heteroatoms. The summed E-state index contributed by atoms with van der Waals surface area (Å²) in [7, 11) is 0. The molecule has 0 bridgehead atoms. The van der Waals surface area contributed by atoms with Gasteiger partial charge in [-0.25, -0.2) is 0 Å². The van der Waals surface area contributed by atoms with Crippen molar-refractivity contribution >= 4 is 34.1 Å². The highest BCUT2D eigenvalue weighted by Gasteiger charge is 2.29. The zero-order valence-corrected chi connectivity index (χ0v) is 12.5. The molecule has 1 fully saturated rings. The molecule has 0 aliphatic heterocycles. The molecule has 1 unspecified atom stereocenters. The van der Waals surface area contributed by atoms with Gasteiger partial charge in [0.25, 0.3) is 5.91 Å². The van der Waals surface area contributed by atoms with Gasteiger partial charge in [-0.1, -0.05) is 6.92 Å². The van der Waals surface area contributed by atoms with E-state index in [9.17, 15) is 14.4 Å². The maximum absolute atomic E-state index is 11.9. The van der Waals surface area contributed by atoms with Gasteiger partial charge in [-0.15, -0.1) is 11.3 Å². The van der Waals surface area contributed by atoms with E-state index >= 15 is 0 Å². The molecule has 1 atom stereocenters. The molecule has 1 aromatic heterocycles. The van der Waals surface area contributed by atoms with Crippen LogP contribution >= 0.6 is 11.3 Å². The average molecular weight is 310 g/mol. The Balaban J connectivity index is 1.78. The first kappa shape index (κ1) is 15.5. The SMILES string of the molecule is CC(CCNC(=O)c1ccc(NC(=O)C2CC2)s1)C(=O)O. The maximum Gasteiger partial charge on any atom is 0.306 e. The second-order valence-electron chi connectivity index (χ2n) is 5.21. The van der Waals surface area contributed by atoms with Crippen molar-refractivity contribution in [3.63, 3.8) is 0 Å². The first-order valence-corrected chi connectivity index (χ1v) is 7.70. The van der Waals surface area contributed by atoms with E-state index in [1.807, 2.05) is 0 Å². The molecule has 2 rings (SSSR count). The average Bonchev–Trinajstić information content (AvgIpc) is 3.19. The molecule has 2 amide bonds. The second kappa shape index (κ2) is 6.71. The Labute approximate surface area is 126 Å². The smallest absolute Gasteiger partial charge is 0.306 e. The van der Waals surface area contributed by atoms with Crippen LogP contribution in [0.3, 0.4) is 0 Å². The molecule has 1 aliphatic carbocycles. The van der Waals surface area contributed by atoms with Gasteiger partial charge in [-0.2, -0.15) is 0 Å². The number of carbonyl (C=O) groups excluding carboxylic acids is 2. The Bertz CT molecular complexity index is 551. The van der Waals surface area contributed by atoms with Crippen LogP contribution in [-0.2, 0) is 9.59 Å². The fourth-order valence-electron chi connectivity index (χ4n) is 1.71. The van der Waals surface area contributed by atoms with E-state index in [-0.39, 0.29) is 17.7 Å². The second-order valence-corrected chi connectivity index (χ2v) is 6.30. The quantitative estimate of drug-likeness (QED) is 0.717. The highest BCUT2D eigenvalue weighted by molar-refractivity contribution is 7.18. The Morgan fingerprint density at radius 2 is 2.10 bits per heavy atom. The predicted molar refractivity (Wildman–Crippen MR) is 79.4 cm³/mol. The number of hydrogen-bond acceptors (Lipinski definition) is 4. The van der Waals surface area contributed by atoms with Crippen LogP contribution in [0.1, 0.15) is 35.9 Å². The van der Waals surface area contributed by atoms with Crippen molar-refractivity contribution in [1.29, 1.82) is 0 Å². The Morgan fingerprint density at radius 3 is 2.71 bits per heavy atom. The van der Waals surface area contributed by atoms with Crippen LogP contribution in [0.4, 0.5) is 5.00 Å². The van der Waals surface area contributed by atoms with Gasteiger partial charge in [0.2, 0.25) is 5.91 Å². The number of hydrogen-bond donors (Lipinski definition) is 3. The van der Waals surface area contributed by atoms with E-state index in [1.165, 1.54) is 11.3 Å². The van der Waals surface area contributed by atoms with Gasteiger partial charge in [0.15, 0.2) is 0 Å². The highest BCUT2D eigenvalue weighted by Crippen LogP contribution is 2.31. The van der Waals surface area contributed by atoms with E-state index < -0.39 is 11.9 Å². The van der Waals surface area contributed by atoms with Crippen LogP contribution in [0.25, 0.3) is 0 Å². The lowest BCUT2D eigenvalue weighted by Crippen LogP contribution is -2.26. The summed E-state index contributed by atoms with van der Waals surface area (Å²) in [6, 6.07) is 3.36. The van der Waals surface area contributed by atoms with Gasteiger partial charge >= 0.3 is 5.97 Å². The van der Waals surface area contributed by atoms with Crippen molar-refractivity contribution in [2.45, 2.75) is 26.2 Å². The third-order valence-corrected chi connectivity index (χ3v) is 4.31. The molecular weight excluding hydrogens is 292 g/mol. The Morgan fingerprint density at radius 1 is 1.38 bits per heavy atom. The summed E-state index contributed by atoms with van der Waals surface area (Å²) >= 11 is 1.22. The van der Waals surface area contributed by atoms with Crippen LogP contribution in [0.15, 0.2) is 12.1 Å². The fraction of sp³-hybridized carbons (Fsp3) is 0.500. The zero-order valence-electron chi connectivity index (χ0n) is 11.7. The number of carboxylic acid groups (broad SMARTS) is 1. The minimum Gasteiger partial charge on any atom is -0.481 e. The first-order chi connectivity index (χ1) is 9.97. The molecule has 1 saturated carbocycles. The number of nitrogens with one attached hydrogen (secondary N) is 2. The number of carboxylic acids is 1. The van der Waals surface area contributed by atoms with Crippen LogP contribution in [0.5, 0.6) is 0 Å². The van der Waals surface area contributed by atoms with Crippen molar-refractivity contribution in [1.82, 2.24) is 5.32 Å². The minimum absolute atomic E-state index is 0.0130. The summed E-state index contributed by atoms with van der Waals surface area (Å²) in [6.07, 6.45) is 2.26. The van der Waals surface area contributed by atoms with Crippen LogP contribution in [0.2, 0.25) is 0 Å². The number of aliphatic carboxylic acids is 1. The number of amides is 2. The van der Waals surface area contributed by atoms with E-state index in [2.05, 4.69) is 10.6 Å².